The topological polar surface area (TPSA) is 97.1 Å². The number of fused-ring (bicyclic) bond motifs is 1. The van der Waals surface area contributed by atoms with E-state index in [1.807, 2.05) is 38.2 Å². The SMILES string of the molecule is Cc1nn(C)c2ncc(C(=O)Nc3cccc(CSCCC(=O)O)c3)cc12. The minimum absolute atomic E-state index is 0.143. The van der Waals surface area contributed by atoms with Gasteiger partial charge in [0.15, 0.2) is 5.65 Å². The molecule has 0 aliphatic rings. The van der Waals surface area contributed by atoms with Gasteiger partial charge in [0.25, 0.3) is 5.91 Å². The number of nitrogens with one attached hydrogen (secondary N) is 1. The molecular formula is C19H20N4O3S. The second kappa shape index (κ2) is 8.22. The van der Waals surface area contributed by atoms with Crippen molar-refractivity contribution in [2.24, 2.45) is 7.05 Å². The molecule has 0 aliphatic carbocycles. The highest BCUT2D eigenvalue weighted by atomic mass is 32.2. The van der Waals surface area contributed by atoms with Gasteiger partial charge in [-0.25, -0.2) is 4.98 Å². The number of hydrogen-bond donors (Lipinski definition) is 2. The average Bonchev–Trinajstić information content (AvgIpc) is 2.92. The fraction of sp³-hybridized carbons (Fsp3) is 0.263. The van der Waals surface area contributed by atoms with E-state index in [1.54, 1.807) is 28.7 Å². The van der Waals surface area contributed by atoms with Crippen LogP contribution in [0.5, 0.6) is 0 Å². The molecule has 0 atom stereocenters. The van der Waals surface area contributed by atoms with E-state index in [4.69, 9.17) is 5.11 Å². The van der Waals surface area contributed by atoms with Crippen molar-refractivity contribution in [3.8, 4) is 0 Å². The summed E-state index contributed by atoms with van der Waals surface area (Å²) in [5, 5.41) is 16.7. The maximum absolute atomic E-state index is 12.6. The van der Waals surface area contributed by atoms with Crippen LogP contribution in [0.25, 0.3) is 11.0 Å². The summed E-state index contributed by atoms with van der Waals surface area (Å²) < 4.78 is 1.69. The van der Waals surface area contributed by atoms with Gasteiger partial charge in [0.1, 0.15) is 0 Å². The third-order valence-corrected chi connectivity index (χ3v) is 5.07. The van der Waals surface area contributed by atoms with Crippen molar-refractivity contribution in [1.82, 2.24) is 14.8 Å². The highest BCUT2D eigenvalue weighted by molar-refractivity contribution is 7.98. The predicted octanol–water partition coefficient (Wildman–Crippen LogP) is 3.24. The average molecular weight is 384 g/mol. The summed E-state index contributed by atoms with van der Waals surface area (Å²) in [7, 11) is 1.82. The van der Waals surface area contributed by atoms with E-state index in [0.717, 1.165) is 22.3 Å². The number of carbonyl (C=O) groups is 2. The molecule has 2 heterocycles. The van der Waals surface area contributed by atoms with Gasteiger partial charge >= 0.3 is 5.97 Å². The number of rotatable bonds is 7. The number of carbonyl (C=O) groups excluding carboxylic acids is 1. The molecule has 0 unspecified atom stereocenters. The number of aliphatic carboxylic acids is 1. The fourth-order valence-electron chi connectivity index (χ4n) is 2.72. The minimum Gasteiger partial charge on any atom is -0.481 e. The van der Waals surface area contributed by atoms with Gasteiger partial charge in [0, 0.05) is 35.8 Å². The lowest BCUT2D eigenvalue weighted by Gasteiger charge is -2.08. The summed E-state index contributed by atoms with van der Waals surface area (Å²) in [6.45, 7) is 1.89. The zero-order valence-electron chi connectivity index (χ0n) is 15.1. The van der Waals surface area contributed by atoms with Crippen molar-refractivity contribution in [2.45, 2.75) is 19.1 Å². The molecule has 3 rings (SSSR count). The molecule has 0 spiro atoms. The number of thioether (sulfide) groups is 1. The van der Waals surface area contributed by atoms with Gasteiger partial charge < -0.3 is 10.4 Å². The van der Waals surface area contributed by atoms with Crippen molar-refractivity contribution in [1.29, 1.82) is 0 Å². The Morgan fingerprint density at radius 1 is 1.30 bits per heavy atom. The van der Waals surface area contributed by atoms with E-state index in [2.05, 4.69) is 15.4 Å². The molecule has 140 valence electrons. The quantitative estimate of drug-likeness (QED) is 0.607. The van der Waals surface area contributed by atoms with Crippen LogP contribution in [0.3, 0.4) is 0 Å². The number of carboxylic acids is 1. The molecular weight excluding hydrogens is 364 g/mol. The number of aryl methyl sites for hydroxylation is 2. The number of benzene rings is 1. The number of amides is 1. The van der Waals surface area contributed by atoms with Crippen LogP contribution in [0.4, 0.5) is 5.69 Å². The third-order valence-electron chi connectivity index (χ3n) is 4.04. The predicted molar refractivity (Wildman–Crippen MR) is 106 cm³/mol. The lowest BCUT2D eigenvalue weighted by molar-refractivity contribution is -0.136. The summed E-state index contributed by atoms with van der Waals surface area (Å²) in [6, 6.07) is 9.34. The minimum atomic E-state index is -0.794. The molecule has 2 N–H and O–H groups in total. The molecule has 0 saturated heterocycles. The molecule has 0 fully saturated rings. The van der Waals surface area contributed by atoms with Crippen molar-refractivity contribution in [3.63, 3.8) is 0 Å². The smallest absolute Gasteiger partial charge is 0.304 e. The monoisotopic (exact) mass is 384 g/mol. The number of carboxylic acid groups (broad SMARTS) is 1. The Balaban J connectivity index is 1.68. The van der Waals surface area contributed by atoms with Crippen molar-refractivity contribution >= 4 is 40.4 Å². The first-order chi connectivity index (χ1) is 12.9. The molecule has 0 bridgehead atoms. The first kappa shape index (κ1) is 18.9. The van der Waals surface area contributed by atoms with E-state index >= 15 is 0 Å². The van der Waals surface area contributed by atoms with E-state index in [1.165, 1.54) is 0 Å². The van der Waals surface area contributed by atoms with E-state index < -0.39 is 5.97 Å². The van der Waals surface area contributed by atoms with Gasteiger partial charge in [-0.05, 0) is 30.7 Å². The van der Waals surface area contributed by atoms with E-state index in [9.17, 15) is 9.59 Å². The molecule has 0 aliphatic heterocycles. The Morgan fingerprint density at radius 2 is 2.11 bits per heavy atom. The van der Waals surface area contributed by atoms with Crippen LogP contribution in [0.1, 0.15) is 28.0 Å². The van der Waals surface area contributed by atoms with Crippen LogP contribution < -0.4 is 5.32 Å². The molecule has 1 amide bonds. The van der Waals surface area contributed by atoms with Crippen molar-refractivity contribution in [3.05, 3.63) is 53.3 Å². The van der Waals surface area contributed by atoms with Crippen LogP contribution in [0.15, 0.2) is 36.5 Å². The second-order valence-corrected chi connectivity index (χ2v) is 7.26. The molecule has 7 nitrogen and oxygen atoms in total. The molecule has 27 heavy (non-hydrogen) atoms. The van der Waals surface area contributed by atoms with Crippen LogP contribution >= 0.6 is 11.8 Å². The highest BCUT2D eigenvalue weighted by Crippen LogP contribution is 2.20. The second-order valence-electron chi connectivity index (χ2n) is 6.16. The molecule has 1 aromatic carbocycles. The molecule has 8 heteroatoms. The van der Waals surface area contributed by atoms with Gasteiger partial charge in [-0.2, -0.15) is 16.9 Å². The molecule has 0 radical (unpaired) electrons. The zero-order valence-corrected chi connectivity index (χ0v) is 15.9. The number of hydrogen-bond acceptors (Lipinski definition) is 5. The van der Waals surface area contributed by atoms with Crippen molar-refractivity contribution < 1.29 is 14.7 Å². The Hall–Kier alpha value is -2.87. The Morgan fingerprint density at radius 3 is 2.89 bits per heavy atom. The normalized spacial score (nSPS) is 10.9. The maximum Gasteiger partial charge on any atom is 0.304 e. The van der Waals surface area contributed by atoms with E-state index in [-0.39, 0.29) is 12.3 Å². The lowest BCUT2D eigenvalue weighted by atomic mass is 10.2. The Bertz CT molecular complexity index is 1000. The Labute approximate surface area is 160 Å². The first-order valence-corrected chi connectivity index (χ1v) is 9.58. The van der Waals surface area contributed by atoms with Crippen LogP contribution in [0, 0.1) is 6.92 Å². The summed E-state index contributed by atoms with van der Waals surface area (Å²) in [6.07, 6.45) is 1.69. The van der Waals surface area contributed by atoms with Gasteiger partial charge in [0.05, 0.1) is 17.7 Å². The largest absolute Gasteiger partial charge is 0.481 e. The van der Waals surface area contributed by atoms with Gasteiger partial charge in [-0.1, -0.05) is 12.1 Å². The molecule has 0 saturated carbocycles. The standard InChI is InChI=1S/C19H20N4O3S/c1-12-16-9-14(10-20-18(16)23(2)22-12)19(26)21-15-5-3-4-13(8-15)11-27-7-6-17(24)25/h3-5,8-10H,6-7,11H2,1-2H3,(H,21,26)(H,24,25). The van der Waals surface area contributed by atoms with Gasteiger partial charge in [0.2, 0.25) is 0 Å². The van der Waals surface area contributed by atoms with Crippen LogP contribution in [-0.2, 0) is 17.6 Å². The van der Waals surface area contributed by atoms with Crippen molar-refractivity contribution in [2.75, 3.05) is 11.1 Å². The lowest BCUT2D eigenvalue weighted by Crippen LogP contribution is -2.12. The number of nitrogens with zero attached hydrogens (tertiary/aromatic N) is 3. The fourth-order valence-corrected chi connectivity index (χ4v) is 3.60. The van der Waals surface area contributed by atoms with Crippen LogP contribution in [-0.4, -0.2) is 37.5 Å². The summed E-state index contributed by atoms with van der Waals surface area (Å²) in [4.78, 5) is 27.5. The van der Waals surface area contributed by atoms with Gasteiger partial charge in [-0.3, -0.25) is 14.3 Å². The van der Waals surface area contributed by atoms with Gasteiger partial charge in [-0.15, -0.1) is 0 Å². The number of aromatic nitrogens is 3. The maximum atomic E-state index is 12.6. The summed E-state index contributed by atoms with van der Waals surface area (Å²) in [5.41, 5.74) is 3.76. The molecule has 3 aromatic rings. The summed E-state index contributed by atoms with van der Waals surface area (Å²) in [5.74, 6) is 0.225. The zero-order chi connectivity index (χ0) is 19.4. The number of pyridine rings is 1. The number of anilines is 1. The molecule has 2 aromatic heterocycles. The van der Waals surface area contributed by atoms with Crippen LogP contribution in [0.2, 0.25) is 0 Å². The van der Waals surface area contributed by atoms with E-state index in [0.29, 0.717) is 22.8 Å². The Kier molecular flexibility index (Phi) is 5.75. The first-order valence-electron chi connectivity index (χ1n) is 8.43. The highest BCUT2D eigenvalue weighted by Gasteiger charge is 2.12. The summed E-state index contributed by atoms with van der Waals surface area (Å²) >= 11 is 1.55. The third kappa shape index (κ3) is 4.65.